The molecule has 3 nitrogen and oxygen atoms in total. The molecule has 0 saturated heterocycles. The molecule has 3 aromatic rings. The summed E-state index contributed by atoms with van der Waals surface area (Å²) in [7, 11) is 0. The Kier molecular flexibility index (Phi) is 3.10. The van der Waals surface area contributed by atoms with Crippen molar-refractivity contribution in [2.24, 2.45) is 0 Å². The number of nitrogens with two attached hydrogens (primary N) is 1. The number of benzene rings is 2. The van der Waals surface area contributed by atoms with Gasteiger partial charge in [0.25, 0.3) is 0 Å². The molecule has 0 spiro atoms. The highest BCUT2D eigenvalue weighted by Crippen LogP contribution is 2.24. The van der Waals surface area contributed by atoms with E-state index in [1.165, 1.54) is 0 Å². The van der Waals surface area contributed by atoms with Crippen molar-refractivity contribution in [1.82, 2.24) is 0 Å². The van der Waals surface area contributed by atoms with Crippen LogP contribution in [0.25, 0.3) is 11.0 Å². The normalized spacial score (nSPS) is 10.9. The first-order chi connectivity index (χ1) is 9.52. The Morgan fingerprint density at radius 1 is 1.15 bits per heavy atom. The Labute approximate surface area is 124 Å². The van der Waals surface area contributed by atoms with Gasteiger partial charge in [0, 0.05) is 21.1 Å². The number of rotatable bonds is 2. The maximum atomic E-state index is 12.4. The summed E-state index contributed by atoms with van der Waals surface area (Å²) < 4.78 is 6.38. The summed E-state index contributed by atoms with van der Waals surface area (Å²) in [5, 5.41) is 0.927. The zero-order valence-electron chi connectivity index (χ0n) is 10.8. The van der Waals surface area contributed by atoms with Crippen molar-refractivity contribution in [3.63, 3.8) is 0 Å². The van der Waals surface area contributed by atoms with Gasteiger partial charge in [0.05, 0.1) is 0 Å². The maximum absolute atomic E-state index is 12.4. The van der Waals surface area contributed by atoms with E-state index >= 15 is 0 Å². The molecule has 2 aromatic carbocycles. The molecule has 20 heavy (non-hydrogen) atoms. The first kappa shape index (κ1) is 12.9. The molecule has 4 heteroatoms. The summed E-state index contributed by atoms with van der Waals surface area (Å²) in [6.45, 7) is 2.00. The zero-order valence-corrected chi connectivity index (χ0v) is 12.4. The van der Waals surface area contributed by atoms with E-state index in [9.17, 15) is 4.79 Å². The molecule has 0 fully saturated rings. The molecule has 1 heterocycles. The number of carbonyl (C=O) groups excluding carboxylic acids is 1. The van der Waals surface area contributed by atoms with E-state index in [0.29, 0.717) is 22.6 Å². The number of nitrogen functional groups attached to an aromatic ring is 1. The lowest BCUT2D eigenvalue weighted by Gasteiger charge is -2.01. The first-order valence-electron chi connectivity index (χ1n) is 6.14. The summed E-state index contributed by atoms with van der Waals surface area (Å²) in [5.41, 5.74) is 8.64. The Hall–Kier alpha value is -2.07. The van der Waals surface area contributed by atoms with Crippen LogP contribution < -0.4 is 5.73 Å². The smallest absolute Gasteiger partial charge is 0.228 e. The highest BCUT2D eigenvalue weighted by molar-refractivity contribution is 9.10. The largest absolute Gasteiger partial charge is 0.453 e. The van der Waals surface area contributed by atoms with Gasteiger partial charge in [-0.05, 0) is 43.3 Å². The summed E-state index contributed by atoms with van der Waals surface area (Å²) in [5.74, 6) is 0.148. The van der Waals surface area contributed by atoms with Gasteiger partial charge in [0.15, 0.2) is 5.76 Å². The van der Waals surface area contributed by atoms with Crippen LogP contribution in [0.5, 0.6) is 0 Å². The van der Waals surface area contributed by atoms with Crippen molar-refractivity contribution in [3.8, 4) is 0 Å². The van der Waals surface area contributed by atoms with Crippen LogP contribution in [-0.2, 0) is 0 Å². The fourth-order valence-corrected chi connectivity index (χ4v) is 2.67. The van der Waals surface area contributed by atoms with Gasteiger partial charge in [-0.25, -0.2) is 0 Å². The van der Waals surface area contributed by atoms with Crippen LogP contribution in [0.4, 0.5) is 5.69 Å². The molecule has 0 aliphatic carbocycles. The Balaban J connectivity index is 2.07. The van der Waals surface area contributed by atoms with Crippen LogP contribution in [0.2, 0.25) is 0 Å². The van der Waals surface area contributed by atoms with E-state index in [1.807, 2.05) is 25.1 Å². The topological polar surface area (TPSA) is 56.2 Å². The standard InChI is InChI=1S/C16H12BrNO2/c1-9-2-3-14-10(4-9)7-15(20-14)16(19)11-5-12(17)8-13(18)6-11/h2-8H,18H2,1H3. The number of carbonyl (C=O) groups is 1. The molecule has 0 atom stereocenters. The molecule has 100 valence electrons. The van der Waals surface area contributed by atoms with E-state index in [0.717, 1.165) is 15.4 Å². The van der Waals surface area contributed by atoms with Crippen LogP contribution in [-0.4, -0.2) is 5.78 Å². The van der Waals surface area contributed by atoms with E-state index in [1.54, 1.807) is 24.3 Å². The van der Waals surface area contributed by atoms with Crippen LogP contribution in [0.3, 0.4) is 0 Å². The van der Waals surface area contributed by atoms with Crippen LogP contribution >= 0.6 is 15.9 Å². The fourth-order valence-electron chi connectivity index (χ4n) is 2.16. The number of fused-ring (bicyclic) bond motifs is 1. The molecule has 0 aliphatic rings. The number of hydrogen-bond acceptors (Lipinski definition) is 3. The van der Waals surface area contributed by atoms with Gasteiger partial charge >= 0.3 is 0 Å². The van der Waals surface area contributed by atoms with Crippen LogP contribution in [0.15, 0.2) is 51.4 Å². The summed E-state index contributed by atoms with van der Waals surface area (Å²) in [6, 6.07) is 12.7. The first-order valence-corrected chi connectivity index (χ1v) is 6.93. The van der Waals surface area contributed by atoms with Gasteiger partial charge in [-0.1, -0.05) is 27.6 Å². The van der Waals surface area contributed by atoms with Gasteiger partial charge in [0.2, 0.25) is 5.78 Å². The van der Waals surface area contributed by atoms with Crippen molar-refractivity contribution < 1.29 is 9.21 Å². The van der Waals surface area contributed by atoms with E-state index < -0.39 is 0 Å². The third-order valence-electron chi connectivity index (χ3n) is 3.08. The highest BCUT2D eigenvalue weighted by Gasteiger charge is 2.15. The maximum Gasteiger partial charge on any atom is 0.228 e. The Bertz CT molecular complexity index is 800. The third-order valence-corrected chi connectivity index (χ3v) is 3.54. The number of aryl methyl sites for hydroxylation is 1. The lowest BCUT2D eigenvalue weighted by Crippen LogP contribution is -2.00. The predicted molar refractivity (Wildman–Crippen MR) is 82.9 cm³/mol. The molecule has 0 aliphatic heterocycles. The second-order valence-electron chi connectivity index (χ2n) is 4.75. The van der Waals surface area contributed by atoms with Gasteiger partial charge < -0.3 is 10.2 Å². The lowest BCUT2D eigenvalue weighted by molar-refractivity contribution is 0.101. The fraction of sp³-hybridized carbons (Fsp3) is 0.0625. The van der Waals surface area contributed by atoms with E-state index in [4.69, 9.17) is 10.2 Å². The van der Waals surface area contributed by atoms with Crippen molar-refractivity contribution in [2.75, 3.05) is 5.73 Å². The molecule has 0 unspecified atom stereocenters. The average Bonchev–Trinajstić information content (AvgIpc) is 2.79. The number of ketones is 1. The second-order valence-corrected chi connectivity index (χ2v) is 5.67. The molecule has 3 rings (SSSR count). The van der Waals surface area contributed by atoms with Gasteiger partial charge in [-0.2, -0.15) is 0 Å². The van der Waals surface area contributed by atoms with E-state index in [2.05, 4.69) is 15.9 Å². The minimum atomic E-state index is -0.174. The van der Waals surface area contributed by atoms with Gasteiger partial charge in [0.1, 0.15) is 5.58 Å². The molecule has 0 bridgehead atoms. The minimum Gasteiger partial charge on any atom is -0.453 e. The number of anilines is 1. The SMILES string of the molecule is Cc1ccc2oc(C(=O)c3cc(N)cc(Br)c3)cc2c1. The summed E-state index contributed by atoms with van der Waals surface area (Å²) >= 11 is 3.34. The van der Waals surface area contributed by atoms with Crippen molar-refractivity contribution in [2.45, 2.75) is 6.92 Å². The Morgan fingerprint density at radius 3 is 2.70 bits per heavy atom. The molecular formula is C16H12BrNO2. The van der Waals surface area contributed by atoms with Crippen LogP contribution in [0.1, 0.15) is 21.7 Å². The predicted octanol–water partition coefficient (Wildman–Crippen LogP) is 4.32. The van der Waals surface area contributed by atoms with Gasteiger partial charge in [-0.15, -0.1) is 0 Å². The molecule has 0 radical (unpaired) electrons. The Morgan fingerprint density at radius 2 is 1.95 bits per heavy atom. The van der Waals surface area contributed by atoms with E-state index in [-0.39, 0.29) is 5.78 Å². The molecule has 1 aromatic heterocycles. The lowest BCUT2D eigenvalue weighted by atomic mass is 10.1. The minimum absolute atomic E-state index is 0.174. The molecular weight excluding hydrogens is 318 g/mol. The summed E-state index contributed by atoms with van der Waals surface area (Å²) in [6.07, 6.45) is 0. The number of hydrogen-bond donors (Lipinski definition) is 1. The van der Waals surface area contributed by atoms with Crippen molar-refractivity contribution in [1.29, 1.82) is 0 Å². The van der Waals surface area contributed by atoms with Crippen molar-refractivity contribution in [3.05, 3.63) is 63.8 Å². The number of halogens is 1. The highest BCUT2D eigenvalue weighted by atomic mass is 79.9. The monoisotopic (exact) mass is 329 g/mol. The molecule has 2 N–H and O–H groups in total. The third kappa shape index (κ3) is 2.34. The van der Waals surface area contributed by atoms with Crippen LogP contribution in [0, 0.1) is 6.92 Å². The zero-order chi connectivity index (χ0) is 14.3. The van der Waals surface area contributed by atoms with Crippen molar-refractivity contribution >= 4 is 38.4 Å². The summed E-state index contributed by atoms with van der Waals surface area (Å²) in [4.78, 5) is 12.4. The molecule has 0 saturated carbocycles. The quantitative estimate of drug-likeness (QED) is 0.562. The second kappa shape index (κ2) is 4.80. The van der Waals surface area contributed by atoms with Gasteiger partial charge in [-0.3, -0.25) is 4.79 Å². The average molecular weight is 330 g/mol. The molecule has 0 amide bonds. The number of furan rings is 1.